The van der Waals surface area contributed by atoms with Gasteiger partial charge in [-0.15, -0.1) is 0 Å². The number of hydrogen-bond acceptors (Lipinski definition) is 2. The summed E-state index contributed by atoms with van der Waals surface area (Å²) >= 11 is 0. The van der Waals surface area contributed by atoms with Gasteiger partial charge in [0.05, 0.1) is 12.2 Å². The molecule has 0 aromatic rings. The van der Waals surface area contributed by atoms with Crippen LogP contribution in [0.2, 0.25) is 16.6 Å². The Balaban J connectivity index is 2.55. The van der Waals surface area contributed by atoms with E-state index < -0.39 is 8.32 Å². The van der Waals surface area contributed by atoms with Crippen molar-refractivity contribution in [2.75, 3.05) is 7.11 Å². The molecule has 0 saturated heterocycles. The Bertz CT molecular complexity index is 497. The highest BCUT2D eigenvalue weighted by atomic mass is 28.4. The molecule has 2 nitrogen and oxygen atoms in total. The van der Waals surface area contributed by atoms with Crippen LogP contribution in [0.3, 0.4) is 0 Å². The van der Waals surface area contributed by atoms with Crippen molar-refractivity contribution in [2.45, 2.75) is 129 Å². The molecule has 1 unspecified atom stereocenters. The van der Waals surface area contributed by atoms with Gasteiger partial charge in [-0.1, -0.05) is 67.0 Å². The Kier molecular flexibility index (Phi) is 8.44. The summed E-state index contributed by atoms with van der Waals surface area (Å²) in [6, 6.07) is 0. The fourth-order valence-electron chi connectivity index (χ4n) is 6.98. The van der Waals surface area contributed by atoms with Crippen LogP contribution in [0.5, 0.6) is 0 Å². The summed E-state index contributed by atoms with van der Waals surface area (Å²) in [6.07, 6.45) is 11.9. The van der Waals surface area contributed by atoms with Gasteiger partial charge in [0, 0.05) is 18.4 Å². The summed E-state index contributed by atoms with van der Waals surface area (Å²) in [5.74, 6) is 0.549. The van der Waals surface area contributed by atoms with Crippen molar-refractivity contribution >= 4 is 8.32 Å². The Morgan fingerprint density at radius 1 is 1.00 bits per heavy atom. The third-order valence-corrected chi connectivity index (χ3v) is 14.6. The van der Waals surface area contributed by atoms with E-state index >= 15 is 0 Å². The van der Waals surface area contributed by atoms with Gasteiger partial charge in [0.15, 0.2) is 0 Å². The van der Waals surface area contributed by atoms with E-state index in [0.717, 1.165) is 19.3 Å². The molecule has 1 fully saturated rings. The molecule has 164 valence electrons. The van der Waals surface area contributed by atoms with E-state index in [1.54, 1.807) is 5.57 Å². The van der Waals surface area contributed by atoms with E-state index in [4.69, 9.17) is 9.16 Å². The van der Waals surface area contributed by atoms with Crippen LogP contribution >= 0.6 is 0 Å². The first-order chi connectivity index (χ1) is 13.2. The van der Waals surface area contributed by atoms with Gasteiger partial charge in [-0.2, -0.15) is 0 Å². The molecule has 2 aliphatic rings. The second-order valence-electron chi connectivity index (χ2n) is 10.4. The van der Waals surface area contributed by atoms with Gasteiger partial charge in [0.25, 0.3) is 0 Å². The summed E-state index contributed by atoms with van der Waals surface area (Å²) in [4.78, 5) is 0. The largest absolute Gasteiger partial charge is 0.412 e. The first-order valence-corrected chi connectivity index (χ1v) is 14.2. The normalized spacial score (nSPS) is 28.4. The predicted molar refractivity (Wildman–Crippen MR) is 124 cm³/mol. The third kappa shape index (κ3) is 4.05. The Labute approximate surface area is 177 Å². The van der Waals surface area contributed by atoms with Crippen LogP contribution in [-0.2, 0) is 9.16 Å². The zero-order chi connectivity index (χ0) is 21.1. The number of rotatable bonds is 9. The van der Waals surface area contributed by atoms with Gasteiger partial charge in [-0.05, 0) is 61.6 Å². The zero-order valence-electron chi connectivity index (χ0n) is 20.3. The monoisotopic (exact) mass is 408 g/mol. The minimum atomic E-state index is -1.94. The SMILES string of the molecule is CCC1(CC)[C@@H](OC)CC(C2=CCCCC2)[C@@H]1O[Si](C(C)C)(C(C)C)C(C)C. The van der Waals surface area contributed by atoms with E-state index in [1.807, 2.05) is 7.11 Å². The molecule has 28 heavy (non-hydrogen) atoms. The van der Waals surface area contributed by atoms with Crippen LogP contribution in [0.4, 0.5) is 0 Å². The van der Waals surface area contributed by atoms with Crippen LogP contribution in [0, 0.1) is 11.3 Å². The molecule has 3 atom stereocenters. The fraction of sp³-hybridized carbons (Fsp3) is 0.920. The zero-order valence-corrected chi connectivity index (χ0v) is 21.3. The lowest BCUT2D eigenvalue weighted by Gasteiger charge is -2.50. The van der Waals surface area contributed by atoms with Gasteiger partial charge in [0.2, 0.25) is 8.32 Å². The molecule has 1 saturated carbocycles. The smallest absolute Gasteiger partial charge is 0.200 e. The second kappa shape index (κ2) is 9.79. The highest BCUT2D eigenvalue weighted by Gasteiger charge is 2.58. The van der Waals surface area contributed by atoms with Crippen molar-refractivity contribution in [3.05, 3.63) is 11.6 Å². The molecule has 2 aliphatic carbocycles. The van der Waals surface area contributed by atoms with Crippen LogP contribution < -0.4 is 0 Å². The van der Waals surface area contributed by atoms with Crippen molar-refractivity contribution in [2.24, 2.45) is 11.3 Å². The van der Waals surface area contributed by atoms with E-state index in [9.17, 15) is 0 Å². The fourth-order valence-corrected chi connectivity index (χ4v) is 12.6. The van der Waals surface area contributed by atoms with E-state index in [1.165, 1.54) is 25.7 Å². The topological polar surface area (TPSA) is 18.5 Å². The average Bonchev–Trinajstić information content (AvgIpc) is 2.99. The molecule has 0 radical (unpaired) electrons. The predicted octanol–water partition coefficient (Wildman–Crippen LogP) is 7.89. The first-order valence-electron chi connectivity index (χ1n) is 12.1. The van der Waals surface area contributed by atoms with Gasteiger partial charge >= 0.3 is 0 Å². The quantitative estimate of drug-likeness (QED) is 0.285. The summed E-state index contributed by atoms with van der Waals surface area (Å²) in [5.41, 5.74) is 3.71. The van der Waals surface area contributed by atoms with E-state index in [-0.39, 0.29) is 5.41 Å². The average molecular weight is 409 g/mol. The lowest BCUT2D eigenvalue weighted by molar-refractivity contribution is -0.0499. The summed E-state index contributed by atoms with van der Waals surface area (Å²) in [5, 5.41) is 0. The molecule has 0 aliphatic heterocycles. The highest BCUT2D eigenvalue weighted by molar-refractivity contribution is 6.77. The van der Waals surface area contributed by atoms with Crippen molar-refractivity contribution in [3.63, 3.8) is 0 Å². The van der Waals surface area contributed by atoms with Crippen LogP contribution in [0.1, 0.15) is 100 Å². The van der Waals surface area contributed by atoms with Crippen molar-refractivity contribution in [1.29, 1.82) is 0 Å². The minimum absolute atomic E-state index is 0.147. The van der Waals surface area contributed by atoms with Gasteiger partial charge in [-0.3, -0.25) is 0 Å². The van der Waals surface area contributed by atoms with E-state index in [0.29, 0.717) is 34.7 Å². The van der Waals surface area contributed by atoms with Gasteiger partial charge in [0.1, 0.15) is 0 Å². The highest BCUT2D eigenvalue weighted by Crippen LogP contribution is 2.56. The molecule has 0 N–H and O–H groups in total. The Morgan fingerprint density at radius 2 is 1.57 bits per heavy atom. The van der Waals surface area contributed by atoms with Gasteiger partial charge in [-0.25, -0.2) is 0 Å². The lowest BCUT2D eigenvalue weighted by Crippen LogP contribution is -2.55. The Hall–Kier alpha value is -0.123. The first kappa shape index (κ1) is 24.1. The van der Waals surface area contributed by atoms with Crippen LogP contribution in [0.25, 0.3) is 0 Å². The molecule has 0 bridgehead atoms. The maximum Gasteiger partial charge on any atom is 0.200 e. The van der Waals surface area contributed by atoms with Gasteiger partial charge < -0.3 is 9.16 Å². The second-order valence-corrected chi connectivity index (χ2v) is 15.8. The maximum absolute atomic E-state index is 7.60. The molecular formula is C25H48O2Si. The van der Waals surface area contributed by atoms with Crippen molar-refractivity contribution in [1.82, 2.24) is 0 Å². The minimum Gasteiger partial charge on any atom is -0.412 e. The molecular weight excluding hydrogens is 360 g/mol. The molecule has 0 amide bonds. The third-order valence-electron chi connectivity index (χ3n) is 8.48. The number of hydrogen-bond donors (Lipinski definition) is 0. The molecule has 0 heterocycles. The summed E-state index contributed by atoms with van der Waals surface area (Å²) in [7, 11) is -0.0164. The molecule has 2 rings (SSSR count). The molecule has 0 aromatic carbocycles. The number of methoxy groups -OCH3 is 1. The molecule has 0 aromatic heterocycles. The maximum atomic E-state index is 7.60. The standard InChI is InChI=1S/C25H48O2Si/c1-10-25(11-2)23(26-9)17-22(21-15-13-12-14-16-21)24(25)27-28(18(3)4,19(5)6)20(7)8/h15,18-20,22-24H,10-14,16-17H2,1-9H3/t22?,23-,24-/m0/s1. The lowest BCUT2D eigenvalue weighted by atomic mass is 9.74. The van der Waals surface area contributed by atoms with Crippen molar-refractivity contribution < 1.29 is 9.16 Å². The Morgan fingerprint density at radius 3 is 1.96 bits per heavy atom. The van der Waals surface area contributed by atoms with Crippen LogP contribution in [0.15, 0.2) is 11.6 Å². The molecule has 0 spiro atoms. The molecule has 3 heteroatoms. The van der Waals surface area contributed by atoms with Crippen molar-refractivity contribution in [3.8, 4) is 0 Å². The number of allylic oxidation sites excluding steroid dienone is 1. The van der Waals surface area contributed by atoms with E-state index in [2.05, 4.69) is 61.5 Å². The van der Waals surface area contributed by atoms with Crippen LogP contribution in [-0.4, -0.2) is 27.6 Å². The number of ether oxygens (including phenoxy) is 1. The summed E-state index contributed by atoms with van der Waals surface area (Å²) < 4.78 is 13.8. The summed E-state index contributed by atoms with van der Waals surface area (Å²) in [6.45, 7) is 19.3.